The highest BCUT2D eigenvalue weighted by molar-refractivity contribution is 7.89. The highest BCUT2D eigenvalue weighted by Crippen LogP contribution is 2.27. The number of primary sulfonamides is 1. The fourth-order valence-corrected chi connectivity index (χ4v) is 2.51. The maximum absolute atomic E-state index is 11.4. The Morgan fingerprint density at radius 1 is 1.43 bits per heavy atom. The average molecular weight is 310 g/mol. The molecule has 0 aliphatic rings. The summed E-state index contributed by atoms with van der Waals surface area (Å²) in [5.74, 6) is 1.39. The lowest BCUT2D eigenvalue weighted by Gasteiger charge is -2.13. The SMILES string of the molecule is CCn1ccnc1CNc1cc(S(N)(=O)=O)ccc1OC. The second-order valence-electron chi connectivity index (χ2n) is 4.39. The van der Waals surface area contributed by atoms with E-state index in [0.717, 1.165) is 12.4 Å². The van der Waals surface area contributed by atoms with Crippen LogP contribution in [0.25, 0.3) is 0 Å². The minimum absolute atomic E-state index is 0.0321. The molecule has 1 aromatic heterocycles. The fourth-order valence-electron chi connectivity index (χ4n) is 1.97. The number of benzene rings is 1. The number of imidazole rings is 1. The highest BCUT2D eigenvalue weighted by atomic mass is 32.2. The Morgan fingerprint density at radius 2 is 2.19 bits per heavy atom. The van der Waals surface area contributed by atoms with E-state index in [-0.39, 0.29) is 4.90 Å². The normalized spacial score (nSPS) is 11.4. The molecule has 21 heavy (non-hydrogen) atoms. The molecule has 8 heteroatoms. The van der Waals surface area contributed by atoms with Gasteiger partial charge in [-0.15, -0.1) is 0 Å². The Kier molecular flexibility index (Phi) is 4.49. The summed E-state index contributed by atoms with van der Waals surface area (Å²) in [7, 11) is -2.23. The third-order valence-corrected chi connectivity index (χ3v) is 3.99. The third kappa shape index (κ3) is 3.53. The summed E-state index contributed by atoms with van der Waals surface area (Å²) in [6, 6.07) is 4.42. The molecule has 0 saturated heterocycles. The van der Waals surface area contributed by atoms with Gasteiger partial charge >= 0.3 is 0 Å². The average Bonchev–Trinajstić information content (AvgIpc) is 2.91. The van der Waals surface area contributed by atoms with Crippen molar-refractivity contribution in [2.45, 2.75) is 24.9 Å². The van der Waals surface area contributed by atoms with Crippen molar-refractivity contribution in [3.05, 3.63) is 36.4 Å². The van der Waals surface area contributed by atoms with Gasteiger partial charge < -0.3 is 14.6 Å². The number of ether oxygens (including phenoxy) is 1. The van der Waals surface area contributed by atoms with E-state index >= 15 is 0 Å². The van der Waals surface area contributed by atoms with E-state index < -0.39 is 10.0 Å². The summed E-state index contributed by atoms with van der Waals surface area (Å²) in [5, 5.41) is 8.27. The van der Waals surface area contributed by atoms with Crippen molar-refractivity contribution in [2.24, 2.45) is 5.14 Å². The van der Waals surface area contributed by atoms with E-state index in [2.05, 4.69) is 10.3 Å². The first-order valence-corrected chi connectivity index (χ1v) is 7.95. The minimum atomic E-state index is -3.75. The van der Waals surface area contributed by atoms with Crippen molar-refractivity contribution in [1.29, 1.82) is 0 Å². The van der Waals surface area contributed by atoms with Crippen LogP contribution in [0.1, 0.15) is 12.7 Å². The maximum atomic E-state index is 11.4. The zero-order valence-electron chi connectivity index (χ0n) is 11.9. The number of hydrogen-bond acceptors (Lipinski definition) is 5. The molecule has 0 saturated carbocycles. The second-order valence-corrected chi connectivity index (χ2v) is 5.95. The molecule has 0 atom stereocenters. The lowest BCUT2D eigenvalue weighted by atomic mass is 10.3. The van der Waals surface area contributed by atoms with Gasteiger partial charge in [-0.25, -0.2) is 18.5 Å². The Balaban J connectivity index is 2.26. The molecule has 0 fully saturated rings. The van der Waals surface area contributed by atoms with Gasteiger partial charge in [-0.1, -0.05) is 0 Å². The molecule has 7 nitrogen and oxygen atoms in total. The molecule has 0 aliphatic heterocycles. The van der Waals surface area contributed by atoms with Crippen LogP contribution in [-0.2, 0) is 23.1 Å². The van der Waals surface area contributed by atoms with Gasteiger partial charge in [-0.3, -0.25) is 0 Å². The first kappa shape index (κ1) is 15.3. The Hall–Kier alpha value is -2.06. The van der Waals surface area contributed by atoms with Gasteiger partial charge in [-0.2, -0.15) is 0 Å². The van der Waals surface area contributed by atoms with E-state index in [9.17, 15) is 8.42 Å². The van der Waals surface area contributed by atoms with Crippen molar-refractivity contribution in [2.75, 3.05) is 12.4 Å². The van der Waals surface area contributed by atoms with Crippen LogP contribution >= 0.6 is 0 Å². The van der Waals surface area contributed by atoms with Crippen LogP contribution in [0.15, 0.2) is 35.5 Å². The second kappa shape index (κ2) is 6.15. The van der Waals surface area contributed by atoms with Crippen LogP contribution in [0.2, 0.25) is 0 Å². The third-order valence-electron chi connectivity index (χ3n) is 3.08. The molecule has 2 aromatic rings. The van der Waals surface area contributed by atoms with Gasteiger partial charge in [0.2, 0.25) is 10.0 Å². The molecular formula is C13H18N4O3S. The van der Waals surface area contributed by atoms with Crippen LogP contribution in [0.5, 0.6) is 5.75 Å². The fraction of sp³-hybridized carbons (Fsp3) is 0.308. The number of aryl methyl sites for hydroxylation is 1. The monoisotopic (exact) mass is 310 g/mol. The molecule has 114 valence electrons. The largest absolute Gasteiger partial charge is 0.495 e. The Bertz CT molecular complexity index is 725. The molecule has 0 aliphatic carbocycles. The van der Waals surface area contributed by atoms with E-state index in [1.165, 1.54) is 19.2 Å². The molecule has 0 radical (unpaired) electrons. The van der Waals surface area contributed by atoms with Crippen LogP contribution < -0.4 is 15.2 Å². The number of nitrogens with one attached hydrogen (secondary N) is 1. The molecule has 0 bridgehead atoms. The maximum Gasteiger partial charge on any atom is 0.238 e. The van der Waals surface area contributed by atoms with Crippen LogP contribution in [0.4, 0.5) is 5.69 Å². The van der Waals surface area contributed by atoms with E-state index in [4.69, 9.17) is 9.88 Å². The van der Waals surface area contributed by atoms with Crippen molar-refractivity contribution >= 4 is 15.7 Å². The predicted octanol–water partition coefficient (Wildman–Crippen LogP) is 1.17. The van der Waals surface area contributed by atoms with Crippen LogP contribution in [0, 0.1) is 0 Å². The molecule has 1 heterocycles. The topological polar surface area (TPSA) is 99.2 Å². The van der Waals surface area contributed by atoms with Gasteiger partial charge in [-0.05, 0) is 25.1 Å². The number of methoxy groups -OCH3 is 1. The van der Waals surface area contributed by atoms with E-state index in [0.29, 0.717) is 18.0 Å². The molecule has 1 aromatic carbocycles. The van der Waals surface area contributed by atoms with Crippen molar-refractivity contribution in [1.82, 2.24) is 9.55 Å². The molecular weight excluding hydrogens is 292 g/mol. The van der Waals surface area contributed by atoms with Crippen molar-refractivity contribution in [3.63, 3.8) is 0 Å². The summed E-state index contributed by atoms with van der Waals surface area (Å²) in [6.07, 6.45) is 3.60. The molecule has 0 unspecified atom stereocenters. The molecule has 3 N–H and O–H groups in total. The Labute approximate surface area is 123 Å². The number of hydrogen-bond donors (Lipinski definition) is 2. The lowest BCUT2D eigenvalue weighted by Crippen LogP contribution is -2.13. The number of aromatic nitrogens is 2. The summed E-state index contributed by atoms with van der Waals surface area (Å²) in [4.78, 5) is 4.28. The highest BCUT2D eigenvalue weighted by Gasteiger charge is 2.12. The van der Waals surface area contributed by atoms with Gasteiger partial charge in [0, 0.05) is 18.9 Å². The van der Waals surface area contributed by atoms with Crippen LogP contribution in [-0.4, -0.2) is 25.1 Å². The first-order valence-electron chi connectivity index (χ1n) is 6.40. The summed E-state index contributed by atoms with van der Waals surface area (Å²) in [6.45, 7) is 3.28. The quantitative estimate of drug-likeness (QED) is 0.834. The number of nitrogens with two attached hydrogens (primary N) is 1. The summed E-state index contributed by atoms with van der Waals surface area (Å²) in [5.41, 5.74) is 0.551. The number of anilines is 1. The lowest BCUT2D eigenvalue weighted by molar-refractivity contribution is 0.416. The molecule has 0 amide bonds. The van der Waals surface area contributed by atoms with Crippen molar-refractivity contribution < 1.29 is 13.2 Å². The predicted molar refractivity (Wildman–Crippen MR) is 79.6 cm³/mol. The summed E-state index contributed by atoms with van der Waals surface area (Å²) >= 11 is 0. The first-order chi connectivity index (χ1) is 9.95. The van der Waals surface area contributed by atoms with Crippen LogP contribution in [0.3, 0.4) is 0 Å². The zero-order valence-corrected chi connectivity index (χ0v) is 12.7. The zero-order chi connectivity index (χ0) is 15.5. The number of nitrogens with zero attached hydrogens (tertiary/aromatic N) is 2. The van der Waals surface area contributed by atoms with Crippen molar-refractivity contribution in [3.8, 4) is 5.75 Å². The Morgan fingerprint density at radius 3 is 2.81 bits per heavy atom. The van der Waals surface area contributed by atoms with E-state index in [1.807, 2.05) is 17.7 Å². The molecule has 2 rings (SSSR count). The van der Waals surface area contributed by atoms with Gasteiger partial charge in [0.05, 0.1) is 24.2 Å². The van der Waals surface area contributed by atoms with Gasteiger partial charge in [0.15, 0.2) is 0 Å². The standard InChI is InChI=1S/C13H18N4O3S/c1-3-17-7-6-15-13(17)9-16-11-8-10(21(14,18)19)4-5-12(11)20-2/h4-8,16H,3,9H2,1-2H3,(H2,14,18,19). The van der Waals surface area contributed by atoms with E-state index in [1.54, 1.807) is 12.3 Å². The number of rotatable bonds is 6. The van der Waals surface area contributed by atoms with Gasteiger partial charge in [0.25, 0.3) is 0 Å². The van der Waals surface area contributed by atoms with Gasteiger partial charge in [0.1, 0.15) is 11.6 Å². The molecule has 0 spiro atoms. The minimum Gasteiger partial charge on any atom is -0.495 e. The number of sulfonamides is 1. The summed E-state index contributed by atoms with van der Waals surface area (Å²) < 4.78 is 30.0. The smallest absolute Gasteiger partial charge is 0.238 e.